The second-order valence-electron chi connectivity index (χ2n) is 1.86. The maximum absolute atomic E-state index is 10.3. The van der Waals surface area contributed by atoms with E-state index in [2.05, 4.69) is 0 Å². The van der Waals surface area contributed by atoms with Crippen LogP contribution in [-0.2, 0) is 9.59 Å². The fraction of sp³-hybridized carbons (Fsp3) is 0.600. The van der Waals surface area contributed by atoms with E-state index in [4.69, 9.17) is 20.4 Å². The summed E-state index contributed by atoms with van der Waals surface area (Å²) in [6.07, 6.45) is -3.80. The van der Waals surface area contributed by atoms with Crippen molar-refractivity contribution in [2.24, 2.45) is 0 Å². The minimum absolute atomic E-state index is 0.861. The van der Waals surface area contributed by atoms with Gasteiger partial charge >= 0.3 is 5.97 Å². The van der Waals surface area contributed by atoms with E-state index in [-0.39, 0.29) is 0 Å². The molecule has 0 aromatic rings. The van der Waals surface area contributed by atoms with Crippen molar-refractivity contribution in [1.82, 2.24) is 0 Å². The summed E-state index contributed by atoms with van der Waals surface area (Å²) in [5, 5.41) is 33.4. The number of carbonyl (C=O) groups is 2. The van der Waals surface area contributed by atoms with Gasteiger partial charge in [-0.05, 0) is 0 Å². The Kier molecular flexibility index (Phi) is 3.66. The fourth-order valence-corrected chi connectivity index (χ4v) is 0.401. The topological polar surface area (TPSA) is 115 Å². The van der Waals surface area contributed by atoms with E-state index >= 15 is 0 Å². The third kappa shape index (κ3) is 2.62. The molecule has 4 N–H and O–H groups in total. The van der Waals surface area contributed by atoms with Crippen molar-refractivity contribution < 1.29 is 30.0 Å². The zero-order valence-corrected chi connectivity index (χ0v) is 5.47. The highest BCUT2D eigenvalue weighted by Crippen LogP contribution is 1.93. The lowest BCUT2D eigenvalue weighted by Crippen LogP contribution is -2.40. The van der Waals surface area contributed by atoms with Gasteiger partial charge in [-0.15, -0.1) is 0 Å². The van der Waals surface area contributed by atoms with Crippen molar-refractivity contribution in [3.63, 3.8) is 0 Å². The summed E-state index contributed by atoms with van der Waals surface area (Å²) >= 11 is 0. The first kappa shape index (κ1) is 10.0. The van der Waals surface area contributed by atoms with E-state index in [1.165, 1.54) is 0 Å². The third-order valence-electron chi connectivity index (χ3n) is 1.03. The molecule has 0 saturated carbocycles. The molecular formula is C5H8O6. The van der Waals surface area contributed by atoms with Crippen molar-refractivity contribution in [2.45, 2.75) is 12.2 Å². The Bertz CT molecular complexity index is 164. The van der Waals surface area contributed by atoms with E-state index in [1.807, 2.05) is 0 Å². The molecule has 1 unspecified atom stereocenters. The molecule has 0 radical (unpaired) electrons. The van der Waals surface area contributed by atoms with Gasteiger partial charge in [-0.2, -0.15) is 0 Å². The molecule has 0 rings (SSSR count). The van der Waals surface area contributed by atoms with E-state index < -0.39 is 30.6 Å². The van der Waals surface area contributed by atoms with Crippen LogP contribution in [-0.4, -0.2) is 51.0 Å². The number of rotatable bonds is 4. The minimum atomic E-state index is -2.06. The average molecular weight is 164 g/mol. The lowest BCUT2D eigenvalue weighted by atomic mass is 10.1. The second kappa shape index (κ2) is 4.02. The van der Waals surface area contributed by atoms with Crippen molar-refractivity contribution in [2.75, 3.05) is 6.61 Å². The highest BCUT2D eigenvalue weighted by atomic mass is 16.4. The van der Waals surface area contributed by atoms with Gasteiger partial charge in [-0.3, -0.25) is 4.79 Å². The number of carboxylic acids is 1. The first-order chi connectivity index (χ1) is 5.00. The maximum Gasteiger partial charge on any atom is 0.375 e. The molecule has 0 aliphatic heterocycles. The molecule has 0 aliphatic rings. The zero-order chi connectivity index (χ0) is 9.02. The largest absolute Gasteiger partial charge is 0.475 e. The summed E-state index contributed by atoms with van der Waals surface area (Å²) < 4.78 is 0. The van der Waals surface area contributed by atoms with Gasteiger partial charge in [0.05, 0.1) is 6.61 Å². The molecule has 0 bridgehead atoms. The number of hydrogen-bond acceptors (Lipinski definition) is 5. The van der Waals surface area contributed by atoms with Crippen molar-refractivity contribution in [3.8, 4) is 0 Å². The van der Waals surface area contributed by atoms with Crippen LogP contribution in [0.5, 0.6) is 0 Å². The summed E-state index contributed by atoms with van der Waals surface area (Å²) in [5.41, 5.74) is 0. The van der Waals surface area contributed by atoms with E-state index in [0.717, 1.165) is 0 Å². The van der Waals surface area contributed by atoms with Gasteiger partial charge < -0.3 is 20.4 Å². The molecule has 6 heteroatoms. The molecule has 0 fully saturated rings. The molecule has 64 valence electrons. The Morgan fingerprint density at radius 1 is 1.27 bits per heavy atom. The van der Waals surface area contributed by atoms with Crippen LogP contribution in [0.3, 0.4) is 0 Å². The van der Waals surface area contributed by atoms with Crippen LogP contribution < -0.4 is 0 Å². The van der Waals surface area contributed by atoms with Crippen molar-refractivity contribution in [1.29, 1.82) is 0 Å². The summed E-state index contributed by atoms with van der Waals surface area (Å²) in [6.45, 7) is -0.861. The zero-order valence-electron chi connectivity index (χ0n) is 5.47. The molecule has 0 amide bonds. The highest BCUT2D eigenvalue weighted by Gasteiger charge is 2.28. The number of aliphatic hydroxyl groups excluding tert-OH is 3. The average Bonchev–Trinajstić information content (AvgIpc) is 2.00. The molecular weight excluding hydrogens is 156 g/mol. The van der Waals surface area contributed by atoms with Gasteiger partial charge in [0.25, 0.3) is 5.78 Å². The van der Waals surface area contributed by atoms with E-state index in [9.17, 15) is 9.59 Å². The van der Waals surface area contributed by atoms with Gasteiger partial charge in [0.1, 0.15) is 6.10 Å². The SMILES string of the molecule is O=C(O)C(=O)[C@H](O)C(O)CO. The van der Waals surface area contributed by atoms with Crippen molar-refractivity contribution >= 4 is 11.8 Å². The second-order valence-corrected chi connectivity index (χ2v) is 1.86. The number of carbonyl (C=O) groups excluding carboxylic acids is 1. The van der Waals surface area contributed by atoms with Gasteiger partial charge in [0.2, 0.25) is 0 Å². The monoisotopic (exact) mass is 164 g/mol. The number of aliphatic carboxylic acids is 1. The van der Waals surface area contributed by atoms with E-state index in [0.29, 0.717) is 0 Å². The maximum atomic E-state index is 10.3. The first-order valence-corrected chi connectivity index (χ1v) is 2.74. The van der Waals surface area contributed by atoms with Crippen molar-refractivity contribution in [3.05, 3.63) is 0 Å². The van der Waals surface area contributed by atoms with Gasteiger partial charge in [-0.25, -0.2) is 4.79 Å². The molecule has 6 nitrogen and oxygen atoms in total. The molecule has 0 aromatic heterocycles. The van der Waals surface area contributed by atoms with Crippen LogP contribution in [0.4, 0.5) is 0 Å². The molecule has 0 aromatic carbocycles. The molecule has 0 heterocycles. The smallest absolute Gasteiger partial charge is 0.375 e. The predicted molar refractivity (Wildman–Crippen MR) is 31.7 cm³/mol. The molecule has 0 aliphatic carbocycles. The summed E-state index contributed by atoms with van der Waals surface area (Å²) in [7, 11) is 0. The highest BCUT2D eigenvalue weighted by molar-refractivity contribution is 6.34. The van der Waals surface area contributed by atoms with Crippen LogP contribution in [0, 0.1) is 0 Å². The Hall–Kier alpha value is -0.980. The molecule has 11 heavy (non-hydrogen) atoms. The Labute approximate surface area is 61.7 Å². The number of aliphatic hydroxyl groups is 3. The van der Waals surface area contributed by atoms with Crippen LogP contribution in [0.15, 0.2) is 0 Å². The van der Waals surface area contributed by atoms with E-state index in [1.54, 1.807) is 0 Å². The number of Topliss-reactive ketones (excluding diaryl/α,β-unsaturated/α-hetero) is 1. The summed E-state index contributed by atoms with van der Waals surface area (Å²) in [4.78, 5) is 20.2. The van der Waals surface area contributed by atoms with Gasteiger partial charge in [-0.1, -0.05) is 0 Å². The van der Waals surface area contributed by atoms with Crippen LogP contribution in [0.2, 0.25) is 0 Å². The van der Waals surface area contributed by atoms with Gasteiger partial charge in [0, 0.05) is 0 Å². The first-order valence-electron chi connectivity index (χ1n) is 2.74. The Morgan fingerprint density at radius 3 is 2.00 bits per heavy atom. The molecule has 2 atom stereocenters. The third-order valence-corrected chi connectivity index (χ3v) is 1.03. The van der Waals surface area contributed by atoms with Gasteiger partial charge in [0.15, 0.2) is 6.10 Å². The standard InChI is InChI=1S/C5H8O6/c6-1-2(7)3(8)4(9)5(10)11/h2-3,6-8H,1H2,(H,10,11)/t2?,3-/m1/s1. The lowest BCUT2D eigenvalue weighted by Gasteiger charge is -2.10. The number of hydrogen-bond donors (Lipinski definition) is 4. The van der Waals surface area contributed by atoms with Crippen LogP contribution in [0.25, 0.3) is 0 Å². The fourth-order valence-electron chi connectivity index (χ4n) is 0.401. The van der Waals surface area contributed by atoms with Crippen LogP contribution in [0.1, 0.15) is 0 Å². The normalized spacial score (nSPS) is 15.5. The summed E-state index contributed by atoms with van der Waals surface area (Å²) in [6, 6.07) is 0. The van der Waals surface area contributed by atoms with Crippen LogP contribution >= 0.6 is 0 Å². The number of ketones is 1. The predicted octanol–water partition coefficient (Wildman–Crippen LogP) is -2.65. The Balaban J connectivity index is 4.13. The number of carboxylic acid groups (broad SMARTS) is 1. The molecule has 0 saturated heterocycles. The lowest BCUT2D eigenvalue weighted by molar-refractivity contribution is -0.156. The molecule has 0 spiro atoms. The summed E-state index contributed by atoms with van der Waals surface area (Å²) in [5.74, 6) is -3.38. The Morgan fingerprint density at radius 2 is 1.73 bits per heavy atom. The minimum Gasteiger partial charge on any atom is -0.475 e. The quantitative estimate of drug-likeness (QED) is 0.337.